The van der Waals surface area contributed by atoms with Gasteiger partial charge in [-0.1, -0.05) is 6.07 Å². The molecule has 0 spiro atoms. The van der Waals surface area contributed by atoms with Gasteiger partial charge in [0.2, 0.25) is 5.91 Å². The number of amides is 2. The van der Waals surface area contributed by atoms with E-state index in [1.165, 1.54) is 18.2 Å². The molecule has 1 aliphatic heterocycles. The highest BCUT2D eigenvalue weighted by Crippen LogP contribution is 2.19. The van der Waals surface area contributed by atoms with Crippen molar-refractivity contribution in [1.82, 2.24) is 10.2 Å². The van der Waals surface area contributed by atoms with Gasteiger partial charge in [0.1, 0.15) is 5.82 Å². The number of carbonyl (C=O) groups is 2. The first-order valence-corrected chi connectivity index (χ1v) is 6.80. The molecule has 0 radical (unpaired) electrons. The molecule has 0 aliphatic carbocycles. The predicted molar refractivity (Wildman–Crippen MR) is 73.7 cm³/mol. The summed E-state index contributed by atoms with van der Waals surface area (Å²) in [5.74, 6) is -0.480. The quantitative estimate of drug-likeness (QED) is 0.913. The molecule has 2 amide bonds. The highest BCUT2D eigenvalue weighted by molar-refractivity contribution is 5.94. The van der Waals surface area contributed by atoms with Gasteiger partial charge in [-0.25, -0.2) is 4.39 Å². The van der Waals surface area contributed by atoms with Crippen LogP contribution in [0.25, 0.3) is 0 Å². The molecule has 1 aromatic rings. The minimum Gasteiger partial charge on any atom is -0.352 e. The number of hydrogen-bond acceptors (Lipinski definition) is 2. The van der Waals surface area contributed by atoms with Crippen LogP contribution in [0.1, 0.15) is 30.6 Å². The fraction of sp³-hybridized carbons (Fsp3) is 0.467. The van der Waals surface area contributed by atoms with Crippen LogP contribution in [0.5, 0.6) is 0 Å². The van der Waals surface area contributed by atoms with Gasteiger partial charge in [0.15, 0.2) is 0 Å². The molecular weight excluding hydrogens is 259 g/mol. The van der Waals surface area contributed by atoms with Crippen LogP contribution in [0.2, 0.25) is 0 Å². The van der Waals surface area contributed by atoms with Crippen LogP contribution in [-0.4, -0.2) is 35.8 Å². The number of hydrogen-bond donors (Lipinski definition) is 1. The van der Waals surface area contributed by atoms with E-state index >= 15 is 0 Å². The number of nitrogens with one attached hydrogen (secondary N) is 1. The summed E-state index contributed by atoms with van der Waals surface area (Å²) in [4.78, 5) is 25.4. The maximum absolute atomic E-state index is 13.0. The fourth-order valence-electron chi connectivity index (χ4n) is 2.41. The van der Waals surface area contributed by atoms with Crippen LogP contribution in [-0.2, 0) is 4.79 Å². The van der Waals surface area contributed by atoms with E-state index in [1.54, 1.807) is 6.07 Å². The molecule has 1 N–H and O–H groups in total. The van der Waals surface area contributed by atoms with Crippen LogP contribution >= 0.6 is 0 Å². The van der Waals surface area contributed by atoms with Crippen molar-refractivity contribution >= 4 is 11.8 Å². The van der Waals surface area contributed by atoms with Crippen molar-refractivity contribution in [3.05, 3.63) is 35.6 Å². The standard InChI is InChI=1S/C15H19FN2O2/c1-10(2)18-9-11(6-14(18)19)8-17-15(20)12-4-3-5-13(16)7-12/h3-5,7,10-11H,6,8-9H2,1-2H3,(H,17,20). The van der Waals surface area contributed by atoms with E-state index in [1.807, 2.05) is 18.7 Å². The Morgan fingerprint density at radius 3 is 2.85 bits per heavy atom. The van der Waals surface area contributed by atoms with Crippen molar-refractivity contribution < 1.29 is 14.0 Å². The van der Waals surface area contributed by atoms with Gasteiger partial charge in [0.05, 0.1) is 0 Å². The summed E-state index contributed by atoms with van der Waals surface area (Å²) < 4.78 is 13.0. The molecular formula is C15H19FN2O2. The molecule has 1 saturated heterocycles. The highest BCUT2D eigenvalue weighted by atomic mass is 19.1. The van der Waals surface area contributed by atoms with E-state index in [9.17, 15) is 14.0 Å². The molecule has 1 heterocycles. The maximum Gasteiger partial charge on any atom is 0.251 e. The van der Waals surface area contributed by atoms with E-state index in [0.717, 1.165) is 0 Å². The van der Waals surface area contributed by atoms with Crippen LogP contribution in [0.3, 0.4) is 0 Å². The van der Waals surface area contributed by atoms with Gasteiger partial charge in [-0.05, 0) is 32.0 Å². The van der Waals surface area contributed by atoms with Crippen molar-refractivity contribution in [2.45, 2.75) is 26.3 Å². The summed E-state index contributed by atoms with van der Waals surface area (Å²) >= 11 is 0. The Morgan fingerprint density at radius 1 is 1.50 bits per heavy atom. The smallest absolute Gasteiger partial charge is 0.251 e. The van der Waals surface area contributed by atoms with Gasteiger partial charge in [-0.15, -0.1) is 0 Å². The van der Waals surface area contributed by atoms with Crippen molar-refractivity contribution in [2.75, 3.05) is 13.1 Å². The second-order valence-corrected chi connectivity index (χ2v) is 5.43. The number of nitrogens with zero attached hydrogens (tertiary/aromatic N) is 1. The van der Waals surface area contributed by atoms with Gasteiger partial charge in [-0.3, -0.25) is 9.59 Å². The topological polar surface area (TPSA) is 49.4 Å². The fourth-order valence-corrected chi connectivity index (χ4v) is 2.41. The lowest BCUT2D eigenvalue weighted by atomic mass is 10.1. The lowest BCUT2D eigenvalue weighted by molar-refractivity contribution is -0.129. The van der Waals surface area contributed by atoms with Crippen molar-refractivity contribution in [3.8, 4) is 0 Å². The van der Waals surface area contributed by atoms with Crippen molar-refractivity contribution in [1.29, 1.82) is 0 Å². The van der Waals surface area contributed by atoms with E-state index in [4.69, 9.17) is 0 Å². The van der Waals surface area contributed by atoms with Gasteiger partial charge < -0.3 is 10.2 Å². The normalized spacial score (nSPS) is 18.7. The van der Waals surface area contributed by atoms with Gasteiger partial charge >= 0.3 is 0 Å². The Balaban J connectivity index is 1.87. The lowest BCUT2D eigenvalue weighted by Gasteiger charge is -2.21. The molecule has 1 aromatic carbocycles. The summed E-state index contributed by atoms with van der Waals surface area (Å²) in [6.07, 6.45) is 0.460. The van der Waals surface area contributed by atoms with Gasteiger partial charge in [0, 0.05) is 37.0 Å². The Morgan fingerprint density at radius 2 is 2.25 bits per heavy atom. The molecule has 1 aliphatic rings. The van der Waals surface area contributed by atoms with Gasteiger partial charge in [-0.2, -0.15) is 0 Å². The van der Waals surface area contributed by atoms with Crippen LogP contribution in [0, 0.1) is 11.7 Å². The van der Waals surface area contributed by atoms with E-state index < -0.39 is 5.82 Å². The average Bonchev–Trinajstić information content (AvgIpc) is 2.77. The molecule has 2 rings (SSSR count). The molecule has 4 nitrogen and oxygen atoms in total. The molecule has 0 saturated carbocycles. The molecule has 1 atom stereocenters. The average molecular weight is 278 g/mol. The largest absolute Gasteiger partial charge is 0.352 e. The van der Waals surface area contributed by atoms with Crippen LogP contribution < -0.4 is 5.32 Å². The first-order valence-electron chi connectivity index (χ1n) is 6.80. The maximum atomic E-state index is 13.0. The van der Waals surface area contributed by atoms with E-state index in [-0.39, 0.29) is 23.8 Å². The van der Waals surface area contributed by atoms with Crippen molar-refractivity contribution in [3.63, 3.8) is 0 Å². The second-order valence-electron chi connectivity index (χ2n) is 5.43. The number of likely N-dealkylation sites (tertiary alicyclic amines) is 1. The molecule has 108 valence electrons. The van der Waals surface area contributed by atoms with Crippen molar-refractivity contribution in [2.24, 2.45) is 5.92 Å². The Kier molecular flexibility index (Phi) is 4.37. The SMILES string of the molecule is CC(C)N1CC(CNC(=O)c2cccc(F)c2)CC1=O. The number of rotatable bonds is 4. The summed E-state index contributed by atoms with van der Waals surface area (Å²) in [6, 6.07) is 5.76. The third-order valence-corrected chi connectivity index (χ3v) is 3.50. The van der Waals surface area contributed by atoms with Crippen LogP contribution in [0.4, 0.5) is 4.39 Å². The number of benzene rings is 1. The van der Waals surface area contributed by atoms with Gasteiger partial charge in [0.25, 0.3) is 5.91 Å². The highest BCUT2D eigenvalue weighted by Gasteiger charge is 2.31. The van der Waals surface area contributed by atoms with Crippen LogP contribution in [0.15, 0.2) is 24.3 Å². The first-order chi connectivity index (χ1) is 9.47. The predicted octanol–water partition coefficient (Wildman–Crippen LogP) is 1.81. The Labute approximate surface area is 118 Å². The molecule has 5 heteroatoms. The zero-order valence-corrected chi connectivity index (χ0v) is 11.7. The second kappa shape index (κ2) is 6.03. The number of carbonyl (C=O) groups excluding carboxylic acids is 2. The summed E-state index contributed by atoms with van der Waals surface area (Å²) in [7, 11) is 0. The molecule has 0 bridgehead atoms. The summed E-state index contributed by atoms with van der Waals surface area (Å²) in [5.41, 5.74) is 0.301. The summed E-state index contributed by atoms with van der Waals surface area (Å²) in [5, 5.41) is 2.76. The minimum absolute atomic E-state index is 0.127. The third kappa shape index (κ3) is 3.35. The lowest BCUT2D eigenvalue weighted by Crippen LogP contribution is -2.34. The monoisotopic (exact) mass is 278 g/mol. The molecule has 0 aromatic heterocycles. The summed E-state index contributed by atoms with van der Waals surface area (Å²) in [6.45, 7) is 5.06. The zero-order chi connectivity index (χ0) is 14.7. The Hall–Kier alpha value is -1.91. The first kappa shape index (κ1) is 14.5. The molecule has 20 heavy (non-hydrogen) atoms. The molecule has 1 unspecified atom stereocenters. The van der Waals surface area contributed by atoms with E-state index in [2.05, 4.69) is 5.32 Å². The minimum atomic E-state index is -0.431. The number of halogens is 1. The molecule has 1 fully saturated rings. The zero-order valence-electron chi connectivity index (χ0n) is 11.7. The Bertz CT molecular complexity index is 516. The van der Waals surface area contributed by atoms with E-state index in [0.29, 0.717) is 25.1 Å². The third-order valence-electron chi connectivity index (χ3n) is 3.50.